The molecule has 0 aliphatic carbocycles. The molecular weight excluding hydrogens is 344 g/mol. The maximum Gasteiger partial charge on any atom is 0.354 e. The van der Waals surface area contributed by atoms with Crippen molar-refractivity contribution in [1.82, 2.24) is 9.55 Å². The highest BCUT2D eigenvalue weighted by atomic mass is 35.5. The minimum atomic E-state index is -3.00. The van der Waals surface area contributed by atoms with E-state index in [1.807, 2.05) is 0 Å². The topological polar surface area (TPSA) is 46.9 Å². The molecule has 0 spiro atoms. The summed E-state index contributed by atoms with van der Waals surface area (Å²) in [5, 5.41) is 3.12. The van der Waals surface area contributed by atoms with E-state index in [1.54, 1.807) is 31.3 Å². The number of rotatable bonds is 3. The SMILES string of the molecule is CNc1nc(=O)n(-c2ccccc2Cl)c2cc(C(C)(F)F)sc12. The fourth-order valence-corrected chi connectivity index (χ4v) is 3.56. The number of halogens is 3. The molecule has 2 aromatic heterocycles. The van der Waals surface area contributed by atoms with Gasteiger partial charge >= 0.3 is 5.69 Å². The van der Waals surface area contributed by atoms with Crippen LogP contribution in [0, 0.1) is 0 Å². The number of nitrogens with one attached hydrogen (secondary N) is 1. The van der Waals surface area contributed by atoms with Gasteiger partial charge in [-0.3, -0.25) is 4.57 Å². The maximum absolute atomic E-state index is 13.7. The molecule has 3 aromatic rings. The predicted octanol–water partition coefficient (Wildman–Crippen LogP) is 4.25. The minimum absolute atomic E-state index is 0.141. The fourth-order valence-electron chi connectivity index (χ4n) is 2.27. The first-order valence-corrected chi connectivity index (χ1v) is 7.90. The molecule has 8 heteroatoms. The van der Waals surface area contributed by atoms with Crippen LogP contribution in [0.15, 0.2) is 35.1 Å². The number of benzene rings is 1. The molecule has 3 rings (SSSR count). The molecule has 0 fully saturated rings. The number of para-hydroxylation sites is 1. The molecule has 1 aromatic carbocycles. The molecule has 0 saturated heterocycles. The van der Waals surface area contributed by atoms with Crippen LogP contribution in [0.5, 0.6) is 0 Å². The number of fused-ring (bicyclic) bond motifs is 1. The monoisotopic (exact) mass is 355 g/mol. The van der Waals surface area contributed by atoms with Gasteiger partial charge in [-0.15, -0.1) is 11.3 Å². The van der Waals surface area contributed by atoms with Crippen molar-refractivity contribution >= 4 is 39.0 Å². The van der Waals surface area contributed by atoms with Gasteiger partial charge in [-0.25, -0.2) is 13.6 Å². The molecular formula is C15H12ClF2N3OS. The number of anilines is 1. The summed E-state index contributed by atoms with van der Waals surface area (Å²) in [6.45, 7) is 0.822. The fraction of sp³-hybridized carbons (Fsp3) is 0.200. The Morgan fingerprint density at radius 3 is 2.65 bits per heavy atom. The van der Waals surface area contributed by atoms with Crippen LogP contribution < -0.4 is 11.0 Å². The Hall–Kier alpha value is -1.99. The van der Waals surface area contributed by atoms with E-state index in [1.165, 1.54) is 10.6 Å². The van der Waals surface area contributed by atoms with E-state index < -0.39 is 11.6 Å². The summed E-state index contributed by atoms with van der Waals surface area (Å²) in [7, 11) is 1.59. The average Bonchev–Trinajstić information content (AvgIpc) is 2.93. The predicted molar refractivity (Wildman–Crippen MR) is 89.3 cm³/mol. The van der Waals surface area contributed by atoms with Crippen molar-refractivity contribution in [2.24, 2.45) is 0 Å². The molecule has 4 nitrogen and oxygen atoms in total. The summed E-state index contributed by atoms with van der Waals surface area (Å²) >= 11 is 7.05. The lowest BCUT2D eigenvalue weighted by Crippen LogP contribution is -2.22. The Kier molecular flexibility index (Phi) is 3.85. The summed E-state index contributed by atoms with van der Waals surface area (Å²) in [6, 6.07) is 8.03. The van der Waals surface area contributed by atoms with Crippen LogP contribution in [0.1, 0.15) is 11.8 Å². The molecule has 0 bridgehead atoms. The average molecular weight is 356 g/mol. The lowest BCUT2D eigenvalue weighted by Gasteiger charge is -2.10. The molecule has 120 valence electrons. The Labute approximate surface area is 139 Å². The first-order valence-electron chi connectivity index (χ1n) is 6.70. The van der Waals surface area contributed by atoms with Crippen molar-refractivity contribution < 1.29 is 8.78 Å². The van der Waals surface area contributed by atoms with E-state index in [4.69, 9.17) is 11.6 Å². The Bertz CT molecular complexity index is 946. The van der Waals surface area contributed by atoms with Crippen molar-refractivity contribution in [2.45, 2.75) is 12.8 Å². The molecule has 0 radical (unpaired) electrons. The van der Waals surface area contributed by atoms with E-state index in [-0.39, 0.29) is 10.7 Å². The van der Waals surface area contributed by atoms with Gasteiger partial charge in [0.2, 0.25) is 0 Å². The van der Waals surface area contributed by atoms with Crippen LogP contribution in [-0.4, -0.2) is 16.6 Å². The molecule has 0 saturated carbocycles. The van der Waals surface area contributed by atoms with Crippen LogP contribution in [0.3, 0.4) is 0 Å². The molecule has 0 unspecified atom stereocenters. The van der Waals surface area contributed by atoms with E-state index >= 15 is 0 Å². The van der Waals surface area contributed by atoms with Gasteiger partial charge in [0.25, 0.3) is 5.92 Å². The molecule has 1 N–H and O–H groups in total. The van der Waals surface area contributed by atoms with Crippen molar-refractivity contribution in [3.05, 3.63) is 50.7 Å². The zero-order valence-electron chi connectivity index (χ0n) is 12.2. The highest BCUT2D eigenvalue weighted by Gasteiger charge is 2.29. The molecule has 0 aliphatic rings. The maximum atomic E-state index is 13.7. The quantitative estimate of drug-likeness (QED) is 0.763. The zero-order chi connectivity index (χ0) is 16.8. The third-order valence-corrected chi connectivity index (χ3v) is 4.95. The first-order chi connectivity index (χ1) is 10.8. The summed E-state index contributed by atoms with van der Waals surface area (Å²) in [5.74, 6) is -2.73. The van der Waals surface area contributed by atoms with Gasteiger partial charge in [-0.05, 0) is 18.2 Å². The van der Waals surface area contributed by atoms with Gasteiger partial charge in [0.15, 0.2) is 5.82 Å². The summed E-state index contributed by atoms with van der Waals surface area (Å²) in [6.07, 6.45) is 0. The van der Waals surface area contributed by atoms with Gasteiger partial charge in [0.1, 0.15) is 0 Å². The highest BCUT2D eigenvalue weighted by molar-refractivity contribution is 7.19. The first kappa shape index (κ1) is 15.9. The molecule has 0 amide bonds. The van der Waals surface area contributed by atoms with Gasteiger partial charge in [-0.1, -0.05) is 23.7 Å². The zero-order valence-corrected chi connectivity index (χ0v) is 13.8. The Balaban J connectivity index is 2.43. The lowest BCUT2D eigenvalue weighted by molar-refractivity contribution is 0.0216. The van der Waals surface area contributed by atoms with Gasteiger partial charge in [0.05, 0.1) is 25.8 Å². The van der Waals surface area contributed by atoms with Gasteiger partial charge in [0, 0.05) is 14.0 Å². The van der Waals surface area contributed by atoms with Crippen molar-refractivity contribution in [3.63, 3.8) is 0 Å². The number of hydrogen-bond acceptors (Lipinski definition) is 4. The lowest BCUT2D eigenvalue weighted by atomic mass is 10.2. The van der Waals surface area contributed by atoms with Crippen molar-refractivity contribution in [1.29, 1.82) is 0 Å². The second-order valence-electron chi connectivity index (χ2n) is 4.99. The van der Waals surface area contributed by atoms with Crippen LogP contribution >= 0.6 is 22.9 Å². The Morgan fingerprint density at radius 2 is 2.04 bits per heavy atom. The van der Waals surface area contributed by atoms with Crippen molar-refractivity contribution in [2.75, 3.05) is 12.4 Å². The number of aromatic nitrogens is 2. The molecule has 23 heavy (non-hydrogen) atoms. The third kappa shape index (κ3) is 2.70. The van der Waals surface area contributed by atoms with E-state index in [0.717, 1.165) is 18.3 Å². The molecule has 0 atom stereocenters. The second kappa shape index (κ2) is 5.58. The standard InChI is InChI=1S/C15H12ClF2N3OS/c1-15(17,18)11-7-10-12(23-11)13(19-2)20-14(22)21(10)9-6-4-3-5-8(9)16/h3-7H,1-2H3,(H,19,20,22). The van der Waals surface area contributed by atoms with E-state index in [2.05, 4.69) is 10.3 Å². The van der Waals surface area contributed by atoms with Gasteiger partial charge < -0.3 is 5.32 Å². The number of alkyl halides is 2. The normalized spacial score (nSPS) is 11.9. The molecule has 2 heterocycles. The van der Waals surface area contributed by atoms with E-state index in [0.29, 0.717) is 20.9 Å². The number of nitrogens with zero attached hydrogens (tertiary/aromatic N) is 2. The van der Waals surface area contributed by atoms with E-state index in [9.17, 15) is 13.6 Å². The Morgan fingerprint density at radius 1 is 1.35 bits per heavy atom. The number of hydrogen-bond donors (Lipinski definition) is 1. The second-order valence-corrected chi connectivity index (χ2v) is 6.45. The smallest absolute Gasteiger partial charge is 0.354 e. The van der Waals surface area contributed by atoms with Crippen molar-refractivity contribution in [3.8, 4) is 5.69 Å². The number of thiophene rings is 1. The van der Waals surface area contributed by atoms with Crippen LogP contribution in [0.2, 0.25) is 5.02 Å². The van der Waals surface area contributed by atoms with Crippen LogP contribution in [-0.2, 0) is 5.92 Å². The molecule has 0 aliphatic heterocycles. The highest BCUT2D eigenvalue weighted by Crippen LogP contribution is 2.39. The summed E-state index contributed by atoms with van der Waals surface area (Å²) in [5.41, 5.74) is 0.172. The van der Waals surface area contributed by atoms with Gasteiger partial charge in [-0.2, -0.15) is 4.98 Å². The third-order valence-electron chi connectivity index (χ3n) is 3.33. The minimum Gasteiger partial charge on any atom is -0.372 e. The van der Waals surface area contributed by atoms with Crippen LogP contribution in [0.4, 0.5) is 14.6 Å². The van der Waals surface area contributed by atoms with Crippen LogP contribution in [0.25, 0.3) is 15.9 Å². The largest absolute Gasteiger partial charge is 0.372 e. The summed E-state index contributed by atoms with van der Waals surface area (Å²) < 4.78 is 29.1. The summed E-state index contributed by atoms with van der Waals surface area (Å²) in [4.78, 5) is 16.2.